The number of carbonyl (C=O) groups is 1. The number of halogens is 1. The van der Waals surface area contributed by atoms with E-state index in [-0.39, 0.29) is 5.75 Å². The maximum Gasteiger partial charge on any atom is 0.412 e. The van der Waals surface area contributed by atoms with Crippen molar-refractivity contribution in [2.24, 2.45) is 0 Å². The largest absolute Gasteiger partial charge is 0.497 e. The first-order chi connectivity index (χ1) is 18.7. The smallest absolute Gasteiger partial charge is 0.412 e. The van der Waals surface area contributed by atoms with E-state index in [4.69, 9.17) is 14.2 Å². The van der Waals surface area contributed by atoms with Crippen LogP contribution in [0.15, 0.2) is 48.9 Å². The number of ether oxygens (including phenoxy) is 3. The van der Waals surface area contributed by atoms with E-state index in [1.54, 1.807) is 40.1 Å². The van der Waals surface area contributed by atoms with E-state index in [1.807, 2.05) is 25.1 Å². The number of aromatic nitrogens is 4. The molecule has 0 unspecified atom stereocenters. The van der Waals surface area contributed by atoms with Gasteiger partial charge in [0.05, 0.1) is 40.9 Å². The number of nitrogens with zero attached hydrogens (tertiary/aromatic N) is 4. The molecule has 3 aromatic heterocycles. The fraction of sp³-hybridized carbons (Fsp3) is 0.250. The predicted molar refractivity (Wildman–Crippen MR) is 148 cm³/mol. The van der Waals surface area contributed by atoms with Gasteiger partial charge in [0.25, 0.3) is 0 Å². The molecule has 11 heteroatoms. The van der Waals surface area contributed by atoms with Crippen molar-refractivity contribution < 1.29 is 23.4 Å². The summed E-state index contributed by atoms with van der Waals surface area (Å²) in [6, 6.07) is 8.79. The van der Waals surface area contributed by atoms with Crippen LogP contribution in [0, 0.1) is 19.7 Å². The lowest BCUT2D eigenvalue weighted by Crippen LogP contribution is -2.32. The molecule has 2 aromatic carbocycles. The molecule has 39 heavy (non-hydrogen) atoms. The maximum atomic E-state index is 15.0. The molecule has 0 fully saturated rings. The third kappa shape index (κ3) is 5.73. The van der Waals surface area contributed by atoms with Gasteiger partial charge in [0.1, 0.15) is 28.8 Å². The molecule has 0 bridgehead atoms. The second-order valence-corrected chi connectivity index (χ2v) is 10.1. The molecule has 9 nitrogen and oxygen atoms in total. The highest BCUT2D eigenvalue weighted by atomic mass is 32.1. The monoisotopic (exact) mass is 547 g/mol. The molecule has 0 saturated carbocycles. The number of anilines is 1. The number of nitrogens with one attached hydrogen (secondary N) is 1. The summed E-state index contributed by atoms with van der Waals surface area (Å²) in [5.74, 6) is 0.738. The summed E-state index contributed by atoms with van der Waals surface area (Å²) < 4.78 is 32.5. The van der Waals surface area contributed by atoms with Crippen molar-refractivity contribution in [3.63, 3.8) is 0 Å². The molecule has 200 valence electrons. The summed E-state index contributed by atoms with van der Waals surface area (Å²) in [6.45, 7) is 7.09. The van der Waals surface area contributed by atoms with Crippen molar-refractivity contribution in [2.75, 3.05) is 12.4 Å². The number of aryl methyl sites for hydroxylation is 2. The molecule has 3 heterocycles. The number of rotatable bonds is 7. The van der Waals surface area contributed by atoms with Gasteiger partial charge in [0.15, 0.2) is 11.6 Å². The van der Waals surface area contributed by atoms with E-state index < -0.39 is 24.1 Å². The summed E-state index contributed by atoms with van der Waals surface area (Å²) in [4.78, 5) is 29.6. The quantitative estimate of drug-likeness (QED) is 0.247. The van der Waals surface area contributed by atoms with Crippen LogP contribution in [0.5, 0.6) is 11.5 Å². The number of hydrogen-bond acceptors (Lipinski definition) is 9. The van der Waals surface area contributed by atoms with E-state index in [0.717, 1.165) is 26.7 Å². The van der Waals surface area contributed by atoms with Crippen molar-refractivity contribution in [3.05, 3.63) is 66.1 Å². The third-order valence-corrected chi connectivity index (χ3v) is 7.15. The zero-order chi connectivity index (χ0) is 27.7. The second kappa shape index (κ2) is 10.8. The molecular weight excluding hydrogens is 521 g/mol. The Morgan fingerprint density at radius 3 is 2.51 bits per heavy atom. The molecule has 0 aliphatic rings. The van der Waals surface area contributed by atoms with Gasteiger partial charge < -0.3 is 14.2 Å². The van der Waals surface area contributed by atoms with Crippen molar-refractivity contribution in [1.29, 1.82) is 0 Å². The second-order valence-electron chi connectivity index (χ2n) is 9.11. The lowest BCUT2D eigenvalue weighted by molar-refractivity contribution is 0.0402. The average Bonchev–Trinajstić information content (AvgIpc) is 3.31. The topological polar surface area (TPSA) is 108 Å². The van der Waals surface area contributed by atoms with Crippen LogP contribution in [0.1, 0.15) is 25.2 Å². The van der Waals surface area contributed by atoms with Crippen LogP contribution in [0.2, 0.25) is 0 Å². The number of carbonyl (C=O) groups excluding carboxylic acids is 1. The van der Waals surface area contributed by atoms with Gasteiger partial charge in [-0.25, -0.2) is 24.1 Å². The number of methoxy groups -OCH3 is 1. The zero-order valence-corrected chi connectivity index (χ0v) is 22.8. The normalized spacial score (nSPS) is 12.8. The Hall–Kier alpha value is -4.38. The fourth-order valence-electron chi connectivity index (χ4n) is 3.91. The highest BCUT2D eigenvalue weighted by molar-refractivity contribution is 7.21. The van der Waals surface area contributed by atoms with E-state index >= 15 is 4.39 Å². The lowest BCUT2D eigenvalue weighted by Gasteiger charge is -2.22. The van der Waals surface area contributed by atoms with Crippen molar-refractivity contribution in [2.45, 2.75) is 39.9 Å². The minimum atomic E-state index is -0.692. The van der Waals surface area contributed by atoms with Crippen LogP contribution in [0.4, 0.5) is 14.9 Å². The number of amides is 1. The first-order valence-electron chi connectivity index (χ1n) is 12.2. The highest BCUT2D eigenvalue weighted by Gasteiger charge is 2.22. The molecule has 0 saturated heterocycles. The van der Waals surface area contributed by atoms with E-state index in [2.05, 4.69) is 25.3 Å². The Morgan fingerprint density at radius 1 is 1.00 bits per heavy atom. The van der Waals surface area contributed by atoms with Gasteiger partial charge in [-0.1, -0.05) is 0 Å². The SMILES string of the molecule is COc1cc(-c2nc3cc(F)c(O[C@@H](C)[C@@H](C)OC(=O)Nc4cnc(C)nc4)cc3s2)c2ncc(C)cc2c1. The van der Waals surface area contributed by atoms with Crippen LogP contribution in [-0.4, -0.2) is 45.3 Å². The van der Waals surface area contributed by atoms with Crippen molar-refractivity contribution in [1.82, 2.24) is 19.9 Å². The van der Waals surface area contributed by atoms with Gasteiger partial charge in [-0.2, -0.15) is 0 Å². The zero-order valence-electron chi connectivity index (χ0n) is 22.0. The molecule has 0 aliphatic carbocycles. The minimum absolute atomic E-state index is 0.0391. The number of hydrogen-bond donors (Lipinski definition) is 1. The summed E-state index contributed by atoms with van der Waals surface area (Å²) in [6.07, 6.45) is 2.75. The van der Waals surface area contributed by atoms with Crippen LogP contribution >= 0.6 is 11.3 Å². The Bertz CT molecular complexity index is 1680. The highest BCUT2D eigenvalue weighted by Crippen LogP contribution is 2.38. The first-order valence-corrected chi connectivity index (χ1v) is 13.0. The van der Waals surface area contributed by atoms with E-state index in [0.29, 0.717) is 27.8 Å². The molecule has 0 spiro atoms. The van der Waals surface area contributed by atoms with E-state index in [9.17, 15) is 4.79 Å². The summed E-state index contributed by atoms with van der Waals surface area (Å²) in [5.41, 5.74) is 3.52. The van der Waals surface area contributed by atoms with Crippen LogP contribution in [-0.2, 0) is 4.74 Å². The molecule has 1 amide bonds. The van der Waals surface area contributed by atoms with Gasteiger partial charge in [-0.3, -0.25) is 10.3 Å². The van der Waals surface area contributed by atoms with Crippen molar-refractivity contribution in [3.8, 4) is 22.1 Å². The van der Waals surface area contributed by atoms with Crippen LogP contribution in [0.3, 0.4) is 0 Å². The molecular formula is C28H26FN5O4S. The molecule has 0 aliphatic heterocycles. The summed E-state index contributed by atoms with van der Waals surface area (Å²) in [5, 5.41) is 4.17. The molecule has 2 atom stereocenters. The van der Waals surface area contributed by atoms with Crippen molar-refractivity contribution >= 4 is 44.2 Å². The van der Waals surface area contributed by atoms with Crippen LogP contribution < -0.4 is 14.8 Å². The van der Waals surface area contributed by atoms with Gasteiger partial charge >= 0.3 is 6.09 Å². The number of thiazole rings is 1. The summed E-state index contributed by atoms with van der Waals surface area (Å²) >= 11 is 1.40. The molecule has 5 aromatic rings. The molecule has 1 N–H and O–H groups in total. The average molecular weight is 548 g/mol. The molecule has 0 radical (unpaired) electrons. The standard InChI is InChI=1S/C28H26FN5O4S/c1-14-6-18-7-20(36-5)8-21(26(18)32-11-14)27-34-23-9-22(29)24(10-25(23)39-27)37-15(2)16(3)38-28(35)33-19-12-30-17(4)31-13-19/h6-13,15-16H,1-5H3,(H,33,35)/t15-,16+/m0/s1. The first kappa shape index (κ1) is 26.2. The number of fused-ring (bicyclic) bond motifs is 2. The van der Waals surface area contributed by atoms with Crippen LogP contribution in [0.25, 0.3) is 31.7 Å². The lowest BCUT2D eigenvalue weighted by atomic mass is 10.1. The predicted octanol–water partition coefficient (Wildman–Crippen LogP) is 6.47. The van der Waals surface area contributed by atoms with Gasteiger partial charge in [0.2, 0.25) is 0 Å². The van der Waals surface area contributed by atoms with Gasteiger partial charge in [0, 0.05) is 29.3 Å². The van der Waals surface area contributed by atoms with E-state index in [1.165, 1.54) is 29.8 Å². The number of pyridine rings is 1. The van der Waals surface area contributed by atoms with Gasteiger partial charge in [-0.15, -0.1) is 11.3 Å². The Balaban J connectivity index is 1.35. The summed E-state index contributed by atoms with van der Waals surface area (Å²) in [7, 11) is 1.61. The fourth-order valence-corrected chi connectivity index (χ4v) is 4.91. The maximum absolute atomic E-state index is 15.0. The number of benzene rings is 2. The molecule has 5 rings (SSSR count). The van der Waals surface area contributed by atoms with Gasteiger partial charge in [-0.05, 0) is 51.5 Å². The Kier molecular flexibility index (Phi) is 7.25. The minimum Gasteiger partial charge on any atom is -0.497 e. The third-order valence-electron chi connectivity index (χ3n) is 6.10. The Morgan fingerprint density at radius 2 is 1.77 bits per heavy atom. The Labute approximate surface area is 228 Å².